The summed E-state index contributed by atoms with van der Waals surface area (Å²) in [5.41, 5.74) is -0.291. The van der Waals surface area contributed by atoms with Crippen molar-refractivity contribution in [2.75, 3.05) is 13.1 Å². The molecular formula is C8H12N4O3S. The van der Waals surface area contributed by atoms with Crippen LogP contribution in [-0.2, 0) is 11.8 Å². The van der Waals surface area contributed by atoms with Gasteiger partial charge in [0.1, 0.15) is 0 Å². The summed E-state index contributed by atoms with van der Waals surface area (Å²) in [6.45, 7) is 1.23. The Morgan fingerprint density at radius 3 is 2.75 bits per heavy atom. The molecule has 0 atom stereocenters. The van der Waals surface area contributed by atoms with Crippen molar-refractivity contribution in [1.29, 1.82) is 0 Å². The van der Waals surface area contributed by atoms with Crippen molar-refractivity contribution < 1.29 is 9.90 Å². The zero-order valence-electron chi connectivity index (χ0n) is 8.69. The first kappa shape index (κ1) is 11.2. The van der Waals surface area contributed by atoms with Crippen LogP contribution in [0.3, 0.4) is 0 Å². The molecule has 0 spiro atoms. The second-order valence-electron chi connectivity index (χ2n) is 3.83. The Bertz CT molecular complexity index is 462. The second kappa shape index (κ2) is 3.95. The van der Waals surface area contributed by atoms with E-state index in [0.29, 0.717) is 18.2 Å². The molecule has 1 aliphatic rings. The first-order chi connectivity index (χ1) is 7.52. The maximum atomic E-state index is 11.2. The van der Waals surface area contributed by atoms with Gasteiger partial charge in [-0.1, -0.05) is 11.8 Å². The van der Waals surface area contributed by atoms with Gasteiger partial charge in [-0.3, -0.25) is 9.36 Å². The number of carboxylic acids is 1. The molecule has 2 heterocycles. The summed E-state index contributed by atoms with van der Waals surface area (Å²) in [7, 11) is 1.61. The van der Waals surface area contributed by atoms with Gasteiger partial charge in [-0.25, -0.2) is 9.89 Å². The zero-order valence-corrected chi connectivity index (χ0v) is 9.50. The highest BCUT2D eigenvalue weighted by Crippen LogP contribution is 2.37. The van der Waals surface area contributed by atoms with E-state index in [9.17, 15) is 9.59 Å². The van der Waals surface area contributed by atoms with Gasteiger partial charge in [0, 0.05) is 20.1 Å². The fourth-order valence-electron chi connectivity index (χ4n) is 1.53. The van der Waals surface area contributed by atoms with Crippen LogP contribution in [0.25, 0.3) is 0 Å². The predicted molar refractivity (Wildman–Crippen MR) is 57.5 cm³/mol. The number of aromatic amines is 1. The van der Waals surface area contributed by atoms with Crippen LogP contribution < -0.4 is 11.0 Å². The van der Waals surface area contributed by atoms with Crippen LogP contribution in [0.5, 0.6) is 0 Å². The van der Waals surface area contributed by atoms with Crippen molar-refractivity contribution in [3.05, 3.63) is 10.5 Å². The highest BCUT2D eigenvalue weighted by atomic mass is 32.2. The van der Waals surface area contributed by atoms with Gasteiger partial charge in [-0.05, 0) is 0 Å². The highest BCUT2D eigenvalue weighted by Gasteiger charge is 2.41. The molecule has 1 fully saturated rings. The number of hydrogen-bond acceptors (Lipinski definition) is 5. The van der Waals surface area contributed by atoms with E-state index in [-0.39, 0.29) is 16.9 Å². The summed E-state index contributed by atoms with van der Waals surface area (Å²) in [5, 5.41) is 18.6. The van der Waals surface area contributed by atoms with Crippen LogP contribution in [-0.4, -0.2) is 43.7 Å². The van der Waals surface area contributed by atoms with Crippen LogP contribution in [0.1, 0.15) is 6.42 Å². The molecule has 2 rings (SSSR count). The van der Waals surface area contributed by atoms with Crippen LogP contribution >= 0.6 is 11.8 Å². The Balaban J connectivity index is 2.16. The lowest BCUT2D eigenvalue weighted by Crippen LogP contribution is -2.58. The van der Waals surface area contributed by atoms with Crippen LogP contribution in [0.2, 0.25) is 0 Å². The monoisotopic (exact) mass is 244 g/mol. The lowest BCUT2D eigenvalue weighted by molar-refractivity contribution is -0.138. The number of hydrogen-bond donors (Lipinski definition) is 3. The predicted octanol–water partition coefficient (Wildman–Crippen LogP) is -0.983. The number of H-pyrrole nitrogens is 1. The van der Waals surface area contributed by atoms with Crippen molar-refractivity contribution in [3.8, 4) is 0 Å². The second-order valence-corrected chi connectivity index (χ2v) is 5.26. The Morgan fingerprint density at radius 2 is 2.38 bits per heavy atom. The molecule has 0 radical (unpaired) electrons. The molecule has 0 unspecified atom stereocenters. The lowest BCUT2D eigenvalue weighted by atomic mass is 9.98. The third-order valence-electron chi connectivity index (χ3n) is 2.51. The number of carbonyl (C=O) groups is 1. The maximum absolute atomic E-state index is 11.2. The number of nitrogens with zero attached hydrogens (tertiary/aromatic N) is 2. The number of nitrogens with one attached hydrogen (secondary N) is 2. The quantitative estimate of drug-likeness (QED) is 0.629. The lowest BCUT2D eigenvalue weighted by Gasteiger charge is -2.40. The molecule has 8 heteroatoms. The summed E-state index contributed by atoms with van der Waals surface area (Å²) in [6.07, 6.45) is 0.0612. The Kier molecular flexibility index (Phi) is 2.76. The van der Waals surface area contributed by atoms with Crippen LogP contribution in [0, 0.1) is 0 Å². The molecule has 0 aromatic carbocycles. The Labute approximate surface area is 95.2 Å². The molecule has 0 saturated carbocycles. The summed E-state index contributed by atoms with van der Waals surface area (Å²) >= 11 is 1.33. The zero-order chi connectivity index (χ0) is 11.8. The van der Waals surface area contributed by atoms with E-state index >= 15 is 0 Å². The molecule has 7 nitrogen and oxygen atoms in total. The normalized spacial score (nSPS) is 18.1. The van der Waals surface area contributed by atoms with Gasteiger partial charge >= 0.3 is 11.7 Å². The highest BCUT2D eigenvalue weighted by molar-refractivity contribution is 8.00. The van der Waals surface area contributed by atoms with Gasteiger partial charge in [-0.15, -0.1) is 5.10 Å². The molecule has 0 amide bonds. The third-order valence-corrected chi connectivity index (χ3v) is 3.93. The molecule has 3 N–H and O–H groups in total. The minimum Gasteiger partial charge on any atom is -0.481 e. The number of aliphatic carboxylic acids is 1. The molecule has 1 aromatic heterocycles. The molecule has 0 bridgehead atoms. The standard InChI is InChI=1S/C8H12N4O3S/c1-12-6(15)10-11-7(12)16-8(2-5(13)14)3-9-4-8/h9H,2-4H2,1H3,(H,10,15)(H,13,14). The van der Waals surface area contributed by atoms with E-state index < -0.39 is 5.97 Å². The largest absolute Gasteiger partial charge is 0.481 e. The van der Waals surface area contributed by atoms with Gasteiger partial charge in [0.2, 0.25) is 0 Å². The van der Waals surface area contributed by atoms with Crippen molar-refractivity contribution in [2.24, 2.45) is 7.05 Å². The van der Waals surface area contributed by atoms with E-state index in [4.69, 9.17) is 5.11 Å². The van der Waals surface area contributed by atoms with E-state index in [2.05, 4.69) is 15.5 Å². The molecule has 0 aliphatic carbocycles. The Hall–Kier alpha value is -1.28. The van der Waals surface area contributed by atoms with Crippen LogP contribution in [0.4, 0.5) is 0 Å². The van der Waals surface area contributed by atoms with Gasteiger partial charge in [0.15, 0.2) is 5.16 Å². The Morgan fingerprint density at radius 1 is 1.69 bits per heavy atom. The van der Waals surface area contributed by atoms with E-state index in [0.717, 1.165) is 0 Å². The van der Waals surface area contributed by atoms with Gasteiger partial charge in [0.25, 0.3) is 0 Å². The topological polar surface area (TPSA) is 100 Å². The number of carboxylic acid groups (broad SMARTS) is 1. The molecule has 1 aliphatic heterocycles. The van der Waals surface area contributed by atoms with Gasteiger partial charge in [0.05, 0.1) is 11.2 Å². The first-order valence-corrected chi connectivity index (χ1v) is 5.57. The van der Waals surface area contributed by atoms with Gasteiger partial charge in [-0.2, -0.15) is 0 Å². The van der Waals surface area contributed by atoms with E-state index in [1.165, 1.54) is 16.3 Å². The minimum absolute atomic E-state index is 0.0612. The molecule has 16 heavy (non-hydrogen) atoms. The fraction of sp³-hybridized carbons (Fsp3) is 0.625. The molecular weight excluding hydrogens is 232 g/mol. The van der Waals surface area contributed by atoms with Crippen molar-refractivity contribution in [1.82, 2.24) is 20.1 Å². The summed E-state index contributed by atoms with van der Waals surface area (Å²) in [5.74, 6) is -0.838. The third kappa shape index (κ3) is 1.98. The van der Waals surface area contributed by atoms with Gasteiger partial charge < -0.3 is 10.4 Å². The first-order valence-electron chi connectivity index (χ1n) is 4.75. The summed E-state index contributed by atoms with van der Waals surface area (Å²) in [4.78, 5) is 21.9. The summed E-state index contributed by atoms with van der Waals surface area (Å²) in [6, 6.07) is 0. The van der Waals surface area contributed by atoms with E-state index in [1.54, 1.807) is 7.05 Å². The maximum Gasteiger partial charge on any atom is 0.343 e. The fourth-order valence-corrected chi connectivity index (χ4v) is 2.77. The van der Waals surface area contributed by atoms with Crippen molar-refractivity contribution in [2.45, 2.75) is 16.3 Å². The number of thioether (sulfide) groups is 1. The average molecular weight is 244 g/mol. The SMILES string of the molecule is Cn1c(SC2(CC(=O)O)CNC2)n[nH]c1=O. The van der Waals surface area contributed by atoms with Crippen molar-refractivity contribution in [3.63, 3.8) is 0 Å². The van der Waals surface area contributed by atoms with Crippen LogP contribution in [0.15, 0.2) is 9.95 Å². The number of rotatable bonds is 4. The smallest absolute Gasteiger partial charge is 0.343 e. The van der Waals surface area contributed by atoms with Crippen molar-refractivity contribution >= 4 is 17.7 Å². The summed E-state index contributed by atoms with van der Waals surface area (Å²) < 4.78 is 0.998. The number of aromatic nitrogens is 3. The molecule has 1 saturated heterocycles. The molecule has 1 aromatic rings. The molecule has 88 valence electrons. The minimum atomic E-state index is -0.838. The average Bonchev–Trinajstić information content (AvgIpc) is 2.45. The van der Waals surface area contributed by atoms with E-state index in [1.807, 2.05) is 0 Å².